The molecule has 0 spiro atoms. The molecule has 3 N–H and O–H groups in total. The van der Waals surface area contributed by atoms with Gasteiger partial charge in [-0.15, -0.1) is 11.3 Å². The molecule has 7 heteroatoms. The fraction of sp³-hybridized carbons (Fsp3) is 0.625. The van der Waals surface area contributed by atoms with Gasteiger partial charge in [-0.25, -0.2) is 0 Å². The number of fused-ring (bicyclic) bond motifs is 1. The van der Waals surface area contributed by atoms with E-state index in [1.165, 1.54) is 16.2 Å². The molecule has 0 aliphatic heterocycles. The van der Waals surface area contributed by atoms with E-state index in [1.54, 1.807) is 0 Å². The summed E-state index contributed by atoms with van der Waals surface area (Å²) < 4.78 is 0. The zero-order valence-corrected chi connectivity index (χ0v) is 19.2. The largest absolute Gasteiger partial charge is 0.481 e. The van der Waals surface area contributed by atoms with Gasteiger partial charge in [0.1, 0.15) is 5.00 Å². The smallest absolute Gasteiger partial charge is 0.307 e. The molecule has 6 nitrogen and oxygen atoms in total. The Balaban J connectivity index is 1.60. The van der Waals surface area contributed by atoms with Gasteiger partial charge in [0.05, 0.1) is 17.4 Å². The highest BCUT2D eigenvalue weighted by molar-refractivity contribution is 7.17. The lowest BCUT2D eigenvalue weighted by Gasteiger charge is -2.29. The minimum absolute atomic E-state index is 0.0908. The van der Waals surface area contributed by atoms with Crippen LogP contribution in [0.1, 0.15) is 86.0 Å². The summed E-state index contributed by atoms with van der Waals surface area (Å²) in [6.45, 7) is 3.91. The number of hydrogen-bond acceptors (Lipinski definition) is 4. The number of carboxylic acid groups (broad SMARTS) is 1. The van der Waals surface area contributed by atoms with Crippen LogP contribution in [0.15, 0.2) is 11.1 Å². The van der Waals surface area contributed by atoms with Crippen molar-refractivity contribution in [2.45, 2.75) is 84.1 Å². The van der Waals surface area contributed by atoms with Gasteiger partial charge in [-0.05, 0) is 70.8 Å². The van der Waals surface area contributed by atoms with E-state index in [1.807, 2.05) is 13.8 Å². The second-order valence-electron chi connectivity index (χ2n) is 9.38. The zero-order valence-electron chi connectivity index (χ0n) is 18.4. The van der Waals surface area contributed by atoms with Crippen LogP contribution in [-0.4, -0.2) is 28.9 Å². The molecule has 1 fully saturated rings. The average Bonchev–Trinajstić information content (AvgIpc) is 3.36. The summed E-state index contributed by atoms with van der Waals surface area (Å²) in [7, 11) is 0. The maximum absolute atomic E-state index is 13.2. The van der Waals surface area contributed by atoms with Crippen LogP contribution in [0.2, 0.25) is 0 Å². The predicted octanol–water partition coefficient (Wildman–Crippen LogP) is 4.69. The molecule has 0 radical (unpaired) electrons. The number of hydrogen-bond donors (Lipinski definition) is 3. The number of aliphatic carboxylic acids is 1. The Morgan fingerprint density at radius 3 is 2.26 bits per heavy atom. The van der Waals surface area contributed by atoms with Crippen LogP contribution in [0, 0.1) is 11.8 Å². The number of carboxylic acids is 1. The first-order valence-electron chi connectivity index (χ1n) is 11.5. The van der Waals surface area contributed by atoms with E-state index in [9.17, 15) is 19.5 Å². The number of anilines is 1. The third-order valence-corrected chi connectivity index (χ3v) is 8.45. The van der Waals surface area contributed by atoms with E-state index in [-0.39, 0.29) is 17.9 Å². The maximum atomic E-state index is 13.2. The molecule has 0 aromatic carbocycles. The first-order valence-corrected chi connectivity index (χ1v) is 12.3. The van der Waals surface area contributed by atoms with Gasteiger partial charge < -0.3 is 15.7 Å². The molecule has 168 valence electrons. The Morgan fingerprint density at radius 1 is 0.935 bits per heavy atom. The Morgan fingerprint density at radius 2 is 1.58 bits per heavy atom. The van der Waals surface area contributed by atoms with E-state index in [0.29, 0.717) is 23.4 Å². The van der Waals surface area contributed by atoms with Crippen LogP contribution in [-0.2, 0) is 22.4 Å². The van der Waals surface area contributed by atoms with Gasteiger partial charge in [0.25, 0.3) is 5.91 Å². The molecular weight excluding hydrogens is 412 g/mol. The van der Waals surface area contributed by atoms with Crippen LogP contribution >= 0.6 is 11.3 Å². The third-order valence-electron chi connectivity index (χ3n) is 7.25. The summed E-state index contributed by atoms with van der Waals surface area (Å²) in [6, 6.07) is 0.209. The Labute approximate surface area is 187 Å². The molecule has 1 aromatic rings. The quantitative estimate of drug-likeness (QED) is 0.574. The normalized spacial score (nSPS) is 24.1. The summed E-state index contributed by atoms with van der Waals surface area (Å²) in [5, 5.41) is 16.5. The van der Waals surface area contributed by atoms with E-state index < -0.39 is 17.8 Å². The lowest BCUT2D eigenvalue weighted by atomic mass is 9.76. The third kappa shape index (κ3) is 4.56. The maximum Gasteiger partial charge on any atom is 0.307 e. The fourth-order valence-corrected chi connectivity index (χ4v) is 6.54. The molecule has 1 saturated carbocycles. The number of carbonyl (C=O) groups is 3. The summed E-state index contributed by atoms with van der Waals surface area (Å²) in [5.41, 5.74) is 3.83. The molecule has 2 amide bonds. The van der Waals surface area contributed by atoms with Gasteiger partial charge in [0.15, 0.2) is 0 Å². The van der Waals surface area contributed by atoms with Crippen molar-refractivity contribution in [2.24, 2.45) is 11.8 Å². The summed E-state index contributed by atoms with van der Waals surface area (Å²) in [5.74, 6) is -2.66. The lowest BCUT2D eigenvalue weighted by Crippen LogP contribution is -2.37. The standard InChI is InChI=1S/C24H32N2O4S/c1-13-11-17(18(24(29)30)12-14(13)2)21(27)26-23-20(16-9-5-6-10-19(16)31-23)22(28)25-15-7-3-4-8-15/h15,17-18H,3-12H2,1-2H3,(H,25,28)(H,26,27)(H,29,30)/t17-,18-/m1/s1. The molecule has 4 rings (SSSR count). The van der Waals surface area contributed by atoms with Gasteiger partial charge in [0, 0.05) is 10.9 Å². The van der Waals surface area contributed by atoms with E-state index in [2.05, 4.69) is 10.6 Å². The van der Waals surface area contributed by atoms with E-state index >= 15 is 0 Å². The number of rotatable bonds is 5. The molecular formula is C24H32N2O4S. The van der Waals surface area contributed by atoms with E-state index in [0.717, 1.165) is 68.1 Å². The number of nitrogens with one attached hydrogen (secondary N) is 2. The monoisotopic (exact) mass is 444 g/mol. The van der Waals surface area contributed by atoms with Crippen LogP contribution in [0.3, 0.4) is 0 Å². The summed E-state index contributed by atoms with van der Waals surface area (Å²) in [4.78, 5) is 39.5. The molecule has 1 heterocycles. The SMILES string of the molecule is CC1=C(C)C[C@@H](C(=O)Nc2sc3c(c2C(=O)NC2CCCC2)CCCC3)[C@H](C(=O)O)C1. The molecule has 3 aliphatic rings. The van der Waals surface area contributed by atoms with Gasteiger partial charge in [0.2, 0.25) is 5.91 Å². The Kier molecular flexibility index (Phi) is 6.51. The molecule has 31 heavy (non-hydrogen) atoms. The Bertz CT molecular complexity index is 926. The predicted molar refractivity (Wildman–Crippen MR) is 122 cm³/mol. The van der Waals surface area contributed by atoms with Gasteiger partial charge >= 0.3 is 5.97 Å². The minimum Gasteiger partial charge on any atom is -0.481 e. The van der Waals surface area contributed by atoms with Crippen LogP contribution in [0.5, 0.6) is 0 Å². The van der Waals surface area contributed by atoms with E-state index in [4.69, 9.17) is 0 Å². The average molecular weight is 445 g/mol. The van der Waals surface area contributed by atoms with Crippen molar-refractivity contribution in [1.29, 1.82) is 0 Å². The molecule has 0 bridgehead atoms. The van der Waals surface area contributed by atoms with Crippen LogP contribution < -0.4 is 10.6 Å². The van der Waals surface area contributed by atoms with Crippen molar-refractivity contribution in [1.82, 2.24) is 5.32 Å². The Hall–Kier alpha value is -2.15. The van der Waals surface area contributed by atoms with Crippen molar-refractivity contribution >= 4 is 34.1 Å². The lowest BCUT2D eigenvalue weighted by molar-refractivity contribution is -0.146. The number of amides is 2. The number of carbonyl (C=O) groups excluding carboxylic acids is 2. The van der Waals surface area contributed by atoms with Crippen molar-refractivity contribution in [2.75, 3.05) is 5.32 Å². The number of allylic oxidation sites excluding steroid dienone is 2. The van der Waals surface area contributed by atoms with Gasteiger partial charge in [-0.2, -0.15) is 0 Å². The van der Waals surface area contributed by atoms with Crippen LogP contribution in [0.4, 0.5) is 5.00 Å². The van der Waals surface area contributed by atoms with Gasteiger partial charge in [-0.1, -0.05) is 24.0 Å². The first kappa shape index (κ1) is 22.1. The highest BCUT2D eigenvalue weighted by Crippen LogP contribution is 2.40. The first-order chi connectivity index (χ1) is 14.8. The zero-order chi connectivity index (χ0) is 22.1. The second kappa shape index (κ2) is 9.15. The van der Waals surface area contributed by atoms with Crippen molar-refractivity contribution in [3.63, 3.8) is 0 Å². The summed E-state index contributed by atoms with van der Waals surface area (Å²) >= 11 is 1.50. The highest BCUT2D eigenvalue weighted by atomic mass is 32.1. The number of thiophene rings is 1. The molecule has 1 aromatic heterocycles. The van der Waals surface area contributed by atoms with Crippen molar-refractivity contribution < 1.29 is 19.5 Å². The van der Waals surface area contributed by atoms with Crippen molar-refractivity contribution in [3.8, 4) is 0 Å². The second-order valence-corrected chi connectivity index (χ2v) is 10.5. The molecule has 2 atom stereocenters. The molecule has 3 aliphatic carbocycles. The molecule has 0 saturated heterocycles. The molecule has 0 unspecified atom stereocenters. The number of aryl methyl sites for hydroxylation is 1. The van der Waals surface area contributed by atoms with Gasteiger partial charge in [-0.3, -0.25) is 14.4 Å². The fourth-order valence-electron chi connectivity index (χ4n) is 5.25. The highest BCUT2D eigenvalue weighted by Gasteiger charge is 2.38. The van der Waals surface area contributed by atoms with Crippen LogP contribution in [0.25, 0.3) is 0 Å². The minimum atomic E-state index is -0.934. The van der Waals surface area contributed by atoms with Crippen molar-refractivity contribution in [3.05, 3.63) is 27.2 Å². The topological polar surface area (TPSA) is 95.5 Å². The summed E-state index contributed by atoms with van der Waals surface area (Å²) in [6.07, 6.45) is 9.07.